The lowest BCUT2D eigenvalue weighted by Gasteiger charge is -2.24. The molecule has 0 amide bonds. The van der Waals surface area contributed by atoms with Gasteiger partial charge in [0, 0.05) is 0 Å². The van der Waals surface area contributed by atoms with E-state index in [1.807, 2.05) is 12.1 Å². The van der Waals surface area contributed by atoms with E-state index < -0.39 is 9.04 Å². The van der Waals surface area contributed by atoms with Crippen molar-refractivity contribution < 1.29 is 4.53 Å². The second-order valence-corrected chi connectivity index (χ2v) is 7.15. The molecule has 0 aromatic heterocycles. The van der Waals surface area contributed by atoms with Crippen LogP contribution >= 0.6 is 0 Å². The Bertz CT molecular complexity index is 359. The van der Waals surface area contributed by atoms with Gasteiger partial charge in [0.05, 0.1) is 11.4 Å². The molecule has 0 aliphatic carbocycles. The summed E-state index contributed by atoms with van der Waals surface area (Å²) in [4.78, 5) is 0. The van der Waals surface area contributed by atoms with Gasteiger partial charge in [-0.2, -0.15) is 0 Å². The van der Waals surface area contributed by atoms with Crippen molar-refractivity contribution in [3.8, 4) is 0 Å². The maximum Gasteiger partial charge on any atom is 0.244 e. The van der Waals surface area contributed by atoms with Crippen LogP contribution in [0.15, 0.2) is 18.2 Å². The highest BCUT2D eigenvalue weighted by Crippen LogP contribution is 2.33. The van der Waals surface area contributed by atoms with Gasteiger partial charge in [-0.25, -0.2) is 0 Å². The van der Waals surface area contributed by atoms with Crippen molar-refractivity contribution in [1.82, 2.24) is 0 Å². The normalized spacial score (nSPS) is 11.9. The summed E-state index contributed by atoms with van der Waals surface area (Å²) in [5.74, 6) is 0. The lowest BCUT2D eigenvalue weighted by molar-refractivity contribution is 0.416. The lowest BCUT2D eigenvalue weighted by Crippen LogP contribution is -2.19. The van der Waals surface area contributed by atoms with Gasteiger partial charge in [-0.3, -0.25) is 5.48 Å². The zero-order valence-electron chi connectivity index (χ0n) is 10.7. The number of rotatable bonds is 3. The number of para-hydroxylation sites is 1. The van der Waals surface area contributed by atoms with E-state index in [9.17, 15) is 0 Å². The van der Waals surface area contributed by atoms with Gasteiger partial charge in [-0.05, 0) is 30.1 Å². The van der Waals surface area contributed by atoms with Crippen LogP contribution in [0.4, 0.5) is 11.4 Å². The fourth-order valence-corrected chi connectivity index (χ4v) is 1.77. The average Bonchev–Trinajstić information content (AvgIpc) is 2.13. The number of hydrogen-bond donors (Lipinski definition) is 2. The first-order valence-corrected chi connectivity index (χ1v) is 7.85. The molecule has 4 heteroatoms. The summed E-state index contributed by atoms with van der Waals surface area (Å²) in [6.07, 6.45) is 0. The third kappa shape index (κ3) is 3.25. The predicted molar refractivity (Wildman–Crippen MR) is 71.7 cm³/mol. The fraction of sp³-hybridized carbons (Fsp3) is 0.500. The molecule has 0 aliphatic heterocycles. The van der Waals surface area contributed by atoms with E-state index in [-0.39, 0.29) is 5.41 Å². The molecule has 0 saturated carbocycles. The van der Waals surface area contributed by atoms with Gasteiger partial charge in [0.1, 0.15) is 0 Å². The van der Waals surface area contributed by atoms with Crippen molar-refractivity contribution in [3.05, 3.63) is 23.8 Å². The van der Waals surface area contributed by atoms with Crippen LogP contribution in [-0.2, 0) is 9.94 Å². The summed E-state index contributed by atoms with van der Waals surface area (Å²) in [7, 11) is -0.777. The van der Waals surface area contributed by atoms with Crippen LogP contribution in [0.2, 0.25) is 13.1 Å². The van der Waals surface area contributed by atoms with Crippen molar-refractivity contribution in [2.75, 3.05) is 11.2 Å². The molecular weight excluding hydrogens is 216 g/mol. The molecule has 3 N–H and O–H groups in total. The summed E-state index contributed by atoms with van der Waals surface area (Å²) in [5.41, 5.74) is 11.8. The van der Waals surface area contributed by atoms with E-state index in [2.05, 4.69) is 45.4 Å². The van der Waals surface area contributed by atoms with E-state index in [1.165, 1.54) is 5.56 Å². The van der Waals surface area contributed by atoms with Crippen molar-refractivity contribution >= 4 is 20.4 Å². The van der Waals surface area contributed by atoms with Crippen molar-refractivity contribution in [1.29, 1.82) is 0 Å². The van der Waals surface area contributed by atoms with Gasteiger partial charge in [-0.15, -0.1) is 0 Å². The Labute approximate surface area is 99.7 Å². The topological polar surface area (TPSA) is 47.3 Å². The smallest absolute Gasteiger partial charge is 0.244 e. The molecule has 3 nitrogen and oxygen atoms in total. The molecule has 0 spiro atoms. The SMILES string of the molecule is C[Si](C)ONc1c(N)cccc1C(C)(C)C. The summed E-state index contributed by atoms with van der Waals surface area (Å²) in [6.45, 7) is 10.6. The van der Waals surface area contributed by atoms with Crippen LogP contribution in [0.1, 0.15) is 26.3 Å². The number of nitrogens with two attached hydrogens (primary N) is 1. The van der Waals surface area contributed by atoms with Gasteiger partial charge in [-0.1, -0.05) is 32.9 Å². The second kappa shape index (κ2) is 4.89. The van der Waals surface area contributed by atoms with E-state index in [0.717, 1.165) is 11.4 Å². The van der Waals surface area contributed by atoms with Gasteiger partial charge >= 0.3 is 0 Å². The molecule has 1 aromatic rings. The van der Waals surface area contributed by atoms with E-state index in [1.54, 1.807) is 0 Å². The zero-order chi connectivity index (χ0) is 12.3. The van der Waals surface area contributed by atoms with Crippen LogP contribution in [0.25, 0.3) is 0 Å². The lowest BCUT2D eigenvalue weighted by atomic mass is 9.85. The first-order chi connectivity index (χ1) is 7.32. The third-order valence-corrected chi connectivity index (χ3v) is 2.77. The highest BCUT2D eigenvalue weighted by Gasteiger charge is 2.19. The molecule has 0 bridgehead atoms. The maximum atomic E-state index is 5.97. The molecule has 0 fully saturated rings. The molecular formula is C12H21N2OSi. The van der Waals surface area contributed by atoms with E-state index >= 15 is 0 Å². The Morgan fingerprint density at radius 3 is 2.38 bits per heavy atom. The molecule has 0 saturated heterocycles. The summed E-state index contributed by atoms with van der Waals surface area (Å²) in [5, 5.41) is 0. The Morgan fingerprint density at radius 2 is 1.88 bits per heavy atom. The Hall–Kier alpha value is -1.00. The first kappa shape index (κ1) is 13.1. The third-order valence-electron chi connectivity index (χ3n) is 2.26. The quantitative estimate of drug-likeness (QED) is 0.482. The molecule has 0 unspecified atom stereocenters. The number of anilines is 2. The highest BCUT2D eigenvalue weighted by molar-refractivity contribution is 6.48. The molecule has 89 valence electrons. The Balaban J connectivity index is 3.04. The average molecular weight is 237 g/mol. The minimum absolute atomic E-state index is 0.0511. The first-order valence-electron chi connectivity index (χ1n) is 5.44. The van der Waals surface area contributed by atoms with Gasteiger partial charge in [0.25, 0.3) is 0 Å². The number of nitrogen functional groups attached to an aromatic ring is 1. The summed E-state index contributed by atoms with van der Waals surface area (Å²) >= 11 is 0. The van der Waals surface area contributed by atoms with Crippen LogP contribution < -0.4 is 11.2 Å². The van der Waals surface area contributed by atoms with Crippen LogP contribution in [0.5, 0.6) is 0 Å². The predicted octanol–water partition coefficient (Wildman–Crippen LogP) is 3.16. The van der Waals surface area contributed by atoms with E-state index in [0.29, 0.717) is 0 Å². The monoisotopic (exact) mass is 237 g/mol. The number of hydrogen-bond acceptors (Lipinski definition) is 3. The van der Waals surface area contributed by atoms with Crippen LogP contribution in [0.3, 0.4) is 0 Å². The summed E-state index contributed by atoms with van der Waals surface area (Å²) < 4.78 is 5.52. The fourth-order valence-electron chi connectivity index (χ4n) is 1.46. The van der Waals surface area contributed by atoms with Crippen molar-refractivity contribution in [2.24, 2.45) is 0 Å². The highest BCUT2D eigenvalue weighted by atomic mass is 28.3. The molecule has 1 radical (unpaired) electrons. The molecule has 0 aliphatic rings. The van der Waals surface area contributed by atoms with Gasteiger partial charge < -0.3 is 10.3 Å². The standard InChI is InChI=1S/C12H21N2OSi/c1-12(2,3)9-7-6-8-10(13)11(9)14-15-16(4)5/h6-8,14H,13H2,1-5H3. The van der Waals surface area contributed by atoms with Crippen LogP contribution in [0, 0.1) is 0 Å². The molecule has 1 rings (SSSR count). The van der Waals surface area contributed by atoms with Gasteiger partial charge in [0.15, 0.2) is 0 Å². The number of benzene rings is 1. The molecule has 0 heterocycles. The largest absolute Gasteiger partial charge is 0.397 e. The zero-order valence-corrected chi connectivity index (χ0v) is 11.7. The van der Waals surface area contributed by atoms with E-state index in [4.69, 9.17) is 10.3 Å². The van der Waals surface area contributed by atoms with Gasteiger partial charge in [0.2, 0.25) is 9.04 Å². The second-order valence-electron chi connectivity index (χ2n) is 5.13. The minimum atomic E-state index is -0.777. The Morgan fingerprint density at radius 1 is 1.25 bits per heavy atom. The molecule has 0 atom stereocenters. The maximum absolute atomic E-state index is 5.97. The Kier molecular flexibility index (Phi) is 3.99. The van der Waals surface area contributed by atoms with Crippen molar-refractivity contribution in [2.45, 2.75) is 39.3 Å². The van der Waals surface area contributed by atoms with Crippen molar-refractivity contribution in [3.63, 3.8) is 0 Å². The molecule has 16 heavy (non-hydrogen) atoms. The van der Waals surface area contributed by atoms with Crippen LogP contribution in [-0.4, -0.2) is 9.04 Å². The number of nitrogens with one attached hydrogen (secondary N) is 1. The molecule has 1 aromatic carbocycles. The minimum Gasteiger partial charge on any atom is -0.397 e. The summed E-state index contributed by atoms with van der Waals surface area (Å²) in [6, 6.07) is 5.95.